The Bertz CT molecular complexity index is 1590. The fourth-order valence-electron chi connectivity index (χ4n) is 4.78. The molecule has 1 atom stereocenters. The Morgan fingerprint density at radius 1 is 1.23 bits per heavy atom. The maximum Gasteiger partial charge on any atom is 0.123 e. The molecule has 2 aliphatic rings. The fourth-order valence-corrected chi connectivity index (χ4v) is 5.05. The first kappa shape index (κ1) is 25.0. The molecule has 2 aromatic carbocycles. The molecule has 1 aliphatic heterocycles. The minimum absolute atomic E-state index is 0.297. The van der Waals surface area contributed by atoms with Crippen molar-refractivity contribution in [3.8, 4) is 6.07 Å². The number of hydrogen-bond donors (Lipinski definition) is 4. The predicted molar refractivity (Wildman–Crippen MR) is 149 cm³/mol. The molecule has 39 heavy (non-hydrogen) atoms. The third-order valence-corrected chi connectivity index (χ3v) is 7.31. The van der Waals surface area contributed by atoms with Gasteiger partial charge >= 0.3 is 0 Å². The lowest BCUT2D eigenvalue weighted by Crippen LogP contribution is -2.38. The maximum atomic E-state index is 13.8. The lowest BCUT2D eigenvalue weighted by atomic mass is 10.0. The summed E-state index contributed by atoms with van der Waals surface area (Å²) in [4.78, 5) is 4.47. The van der Waals surface area contributed by atoms with E-state index in [-0.39, 0.29) is 11.9 Å². The van der Waals surface area contributed by atoms with E-state index in [4.69, 9.17) is 11.6 Å². The van der Waals surface area contributed by atoms with Crippen molar-refractivity contribution >= 4 is 33.9 Å². The van der Waals surface area contributed by atoms with E-state index >= 15 is 0 Å². The number of aryl methyl sites for hydroxylation is 1. The zero-order valence-corrected chi connectivity index (χ0v) is 22.0. The number of nitrogens with zero attached hydrogens (tertiary/aromatic N) is 5. The van der Waals surface area contributed by atoms with Crippen LogP contribution in [0.1, 0.15) is 35.7 Å². The number of rotatable bonds is 9. The van der Waals surface area contributed by atoms with E-state index < -0.39 is 0 Å². The molecule has 9 nitrogen and oxygen atoms in total. The summed E-state index contributed by atoms with van der Waals surface area (Å²) in [5, 5.41) is 24.3. The van der Waals surface area contributed by atoms with Gasteiger partial charge in [0.1, 0.15) is 11.9 Å². The number of halogens is 2. The number of pyridine rings is 1. The van der Waals surface area contributed by atoms with Crippen LogP contribution in [-0.4, -0.2) is 32.4 Å². The van der Waals surface area contributed by atoms with Crippen molar-refractivity contribution in [2.24, 2.45) is 7.05 Å². The number of hydrazine groups is 2. The third kappa shape index (κ3) is 5.19. The molecule has 3 heterocycles. The molecule has 1 aliphatic carbocycles. The summed E-state index contributed by atoms with van der Waals surface area (Å²) < 4.78 is 15.6. The van der Waals surface area contributed by atoms with Crippen LogP contribution < -0.4 is 21.6 Å². The van der Waals surface area contributed by atoms with Crippen LogP contribution in [0.4, 0.5) is 15.8 Å². The van der Waals surface area contributed by atoms with Crippen LogP contribution in [0.5, 0.6) is 0 Å². The molecule has 4 aromatic rings. The fraction of sp³-hybridized carbons (Fsp3) is 0.250. The van der Waals surface area contributed by atoms with Crippen molar-refractivity contribution in [2.75, 3.05) is 17.2 Å². The van der Waals surface area contributed by atoms with Crippen LogP contribution in [0, 0.1) is 17.1 Å². The van der Waals surface area contributed by atoms with E-state index in [1.807, 2.05) is 36.1 Å². The maximum absolute atomic E-state index is 13.8. The first-order valence-corrected chi connectivity index (χ1v) is 13.1. The molecule has 0 saturated heterocycles. The van der Waals surface area contributed by atoms with Crippen molar-refractivity contribution in [1.29, 1.82) is 5.26 Å². The molecular formula is C28H27ClFN9. The first-order chi connectivity index (χ1) is 19.0. The topological polar surface area (TPSA) is 106 Å². The number of nitriles is 1. The summed E-state index contributed by atoms with van der Waals surface area (Å²) in [6.45, 7) is 0.598. The lowest BCUT2D eigenvalue weighted by molar-refractivity contribution is 0.260. The second-order valence-electron chi connectivity index (χ2n) is 9.72. The zero-order valence-electron chi connectivity index (χ0n) is 21.2. The number of benzene rings is 2. The minimum atomic E-state index is -0.316. The highest BCUT2D eigenvalue weighted by atomic mass is 35.5. The Labute approximate surface area is 230 Å². The number of hydrogen-bond acceptors (Lipinski definition) is 8. The van der Waals surface area contributed by atoms with Gasteiger partial charge in [0.15, 0.2) is 0 Å². The van der Waals surface area contributed by atoms with Gasteiger partial charge in [0.25, 0.3) is 0 Å². The van der Waals surface area contributed by atoms with Crippen LogP contribution >= 0.6 is 11.6 Å². The van der Waals surface area contributed by atoms with Crippen LogP contribution in [0.2, 0.25) is 5.02 Å². The van der Waals surface area contributed by atoms with Gasteiger partial charge in [0.05, 0.1) is 33.5 Å². The Balaban J connectivity index is 1.34. The SMILES string of the molecule is Cn1nccc1CCNc1c(C#N)cnc2c(Cl)cc(NC(C3=CN(C4CC4)NN3)c3ccc(F)cc3)cc12. The molecular weight excluding hydrogens is 517 g/mol. The normalized spacial score (nSPS) is 15.5. The van der Waals surface area contributed by atoms with Gasteiger partial charge in [0, 0.05) is 61.4 Å². The molecule has 0 bridgehead atoms. The largest absolute Gasteiger partial charge is 0.383 e. The number of aromatic nitrogens is 3. The third-order valence-electron chi connectivity index (χ3n) is 7.02. The summed E-state index contributed by atoms with van der Waals surface area (Å²) in [6, 6.07) is 14.6. The second kappa shape index (κ2) is 10.4. The quantitative estimate of drug-likeness (QED) is 0.239. The van der Waals surface area contributed by atoms with Gasteiger partial charge < -0.3 is 16.1 Å². The standard InChI is InChI=1S/C28H27ClFN9/c1-38-21(9-11-34-38)8-10-32-26-18(14-31)15-33-28-23(26)12-20(13-24(28)29)35-27(17-2-4-19(30)5-3-17)25-16-39(37-36-25)22-6-7-22/h2-5,9,11-13,15-16,22,27,35-37H,6-8,10H2,1H3,(H,32,33). The van der Waals surface area contributed by atoms with E-state index in [2.05, 4.69) is 42.8 Å². The molecule has 0 amide bonds. The predicted octanol–water partition coefficient (Wildman–Crippen LogP) is 4.77. The molecule has 1 unspecified atom stereocenters. The molecule has 4 N–H and O–H groups in total. The van der Waals surface area contributed by atoms with E-state index in [1.54, 1.807) is 24.5 Å². The molecule has 0 spiro atoms. The highest BCUT2D eigenvalue weighted by molar-refractivity contribution is 6.35. The van der Waals surface area contributed by atoms with Gasteiger partial charge in [-0.3, -0.25) is 14.7 Å². The first-order valence-electron chi connectivity index (χ1n) is 12.8. The van der Waals surface area contributed by atoms with Gasteiger partial charge in [-0.25, -0.2) is 4.39 Å². The Kier molecular flexibility index (Phi) is 6.69. The van der Waals surface area contributed by atoms with E-state index in [1.165, 1.54) is 12.1 Å². The monoisotopic (exact) mass is 543 g/mol. The van der Waals surface area contributed by atoms with Crippen LogP contribution in [0.3, 0.4) is 0 Å². The molecule has 11 heteroatoms. The number of nitrogens with one attached hydrogen (secondary N) is 4. The zero-order chi connectivity index (χ0) is 26.9. The average Bonchev–Trinajstić information content (AvgIpc) is 3.53. The molecule has 198 valence electrons. The van der Waals surface area contributed by atoms with Gasteiger partial charge in [0.2, 0.25) is 0 Å². The van der Waals surface area contributed by atoms with Crippen LogP contribution in [0.15, 0.2) is 66.8 Å². The van der Waals surface area contributed by atoms with E-state index in [9.17, 15) is 9.65 Å². The highest BCUT2D eigenvalue weighted by Gasteiger charge is 2.32. The smallest absolute Gasteiger partial charge is 0.123 e. The summed E-state index contributed by atoms with van der Waals surface area (Å²) in [5.74, 6) is -0.297. The van der Waals surface area contributed by atoms with Crippen LogP contribution in [-0.2, 0) is 13.5 Å². The number of anilines is 2. The van der Waals surface area contributed by atoms with Gasteiger partial charge in [-0.1, -0.05) is 23.7 Å². The second-order valence-corrected chi connectivity index (χ2v) is 10.1. The lowest BCUT2D eigenvalue weighted by Gasteiger charge is -2.22. The Morgan fingerprint density at radius 3 is 2.77 bits per heavy atom. The van der Waals surface area contributed by atoms with Crippen molar-refractivity contribution in [2.45, 2.75) is 31.3 Å². The number of fused-ring (bicyclic) bond motifs is 1. The molecule has 1 saturated carbocycles. The van der Waals surface area contributed by atoms with Crippen molar-refractivity contribution in [1.82, 2.24) is 30.7 Å². The van der Waals surface area contributed by atoms with Crippen molar-refractivity contribution < 1.29 is 4.39 Å². The van der Waals surface area contributed by atoms with Gasteiger partial charge in [-0.05, 0) is 48.7 Å². The van der Waals surface area contributed by atoms with Gasteiger partial charge in [-0.2, -0.15) is 10.4 Å². The Hall–Kier alpha value is -4.33. The van der Waals surface area contributed by atoms with Crippen molar-refractivity contribution in [3.05, 3.63) is 94.4 Å². The highest BCUT2D eigenvalue weighted by Crippen LogP contribution is 2.36. The molecule has 2 aromatic heterocycles. The molecule has 0 radical (unpaired) electrons. The van der Waals surface area contributed by atoms with E-state index in [0.717, 1.165) is 47.3 Å². The summed E-state index contributed by atoms with van der Waals surface area (Å²) in [5.41, 5.74) is 11.8. The Morgan fingerprint density at radius 2 is 2.05 bits per heavy atom. The van der Waals surface area contributed by atoms with Crippen LogP contribution in [0.25, 0.3) is 10.9 Å². The van der Waals surface area contributed by atoms with E-state index in [0.29, 0.717) is 34.4 Å². The summed E-state index contributed by atoms with van der Waals surface area (Å²) in [7, 11) is 1.90. The molecule has 1 fully saturated rings. The average molecular weight is 544 g/mol. The minimum Gasteiger partial charge on any atom is -0.383 e. The molecule has 6 rings (SSSR count). The van der Waals surface area contributed by atoms with Crippen molar-refractivity contribution in [3.63, 3.8) is 0 Å². The van der Waals surface area contributed by atoms with Gasteiger partial charge in [-0.15, -0.1) is 5.53 Å². The summed E-state index contributed by atoms with van der Waals surface area (Å²) >= 11 is 6.72. The summed E-state index contributed by atoms with van der Waals surface area (Å²) in [6.07, 6.45) is 8.35.